The Balaban J connectivity index is 4.57. The van der Waals surface area contributed by atoms with Gasteiger partial charge in [-0.1, -0.05) is 6.92 Å². The topological polar surface area (TPSA) is 84.9 Å². The fraction of sp³-hybridized carbons (Fsp3) is 0.857. The Morgan fingerprint density at radius 3 is 2.20 bits per heavy atom. The van der Waals surface area contributed by atoms with Crippen molar-refractivity contribution in [3.05, 3.63) is 0 Å². The fourth-order valence-corrected chi connectivity index (χ4v) is 1.69. The maximum Gasteiger partial charge on any atom is 0.407 e. The molecule has 0 spiro atoms. The molecular formula is C14H27NO5. The number of carboxylic acid groups (broad SMARTS) is 1. The fourth-order valence-electron chi connectivity index (χ4n) is 1.69. The number of carbonyl (C=O) groups is 2. The summed E-state index contributed by atoms with van der Waals surface area (Å²) in [6, 6.07) is 0. The molecule has 0 aliphatic heterocycles. The normalized spacial score (nSPS) is 14.4. The largest absolute Gasteiger partial charge is 0.481 e. The molecule has 0 aromatic rings. The lowest BCUT2D eigenvalue weighted by Crippen LogP contribution is -2.45. The van der Waals surface area contributed by atoms with Gasteiger partial charge in [-0.3, -0.25) is 4.79 Å². The number of amides is 1. The molecular weight excluding hydrogens is 262 g/mol. The molecule has 0 aliphatic rings. The molecule has 20 heavy (non-hydrogen) atoms. The van der Waals surface area contributed by atoms with Gasteiger partial charge in [0.25, 0.3) is 0 Å². The van der Waals surface area contributed by atoms with Gasteiger partial charge in [-0.25, -0.2) is 4.79 Å². The van der Waals surface area contributed by atoms with Crippen molar-refractivity contribution in [3.63, 3.8) is 0 Å². The van der Waals surface area contributed by atoms with E-state index in [1.165, 1.54) is 0 Å². The highest BCUT2D eigenvalue weighted by Gasteiger charge is 2.37. The Hall–Kier alpha value is -1.30. The summed E-state index contributed by atoms with van der Waals surface area (Å²) in [5.74, 6) is -0.934. The Morgan fingerprint density at radius 2 is 1.80 bits per heavy atom. The summed E-state index contributed by atoms with van der Waals surface area (Å²) in [5, 5.41) is 12.0. The van der Waals surface area contributed by atoms with Crippen LogP contribution in [0.4, 0.5) is 4.79 Å². The van der Waals surface area contributed by atoms with E-state index in [4.69, 9.17) is 9.47 Å². The number of hydrogen-bond donors (Lipinski definition) is 2. The zero-order valence-corrected chi connectivity index (χ0v) is 13.1. The van der Waals surface area contributed by atoms with Crippen LogP contribution in [-0.4, -0.2) is 42.5 Å². The summed E-state index contributed by atoms with van der Waals surface area (Å²) in [6.45, 7) is 9.83. The average Bonchev–Trinajstić information content (AvgIpc) is 2.31. The molecule has 0 heterocycles. The monoisotopic (exact) mass is 289 g/mol. The molecule has 0 saturated heterocycles. The van der Waals surface area contributed by atoms with Gasteiger partial charge in [0.05, 0.1) is 5.41 Å². The summed E-state index contributed by atoms with van der Waals surface area (Å²) in [6.07, 6.45) is 0.154. The first-order valence-electron chi connectivity index (χ1n) is 6.95. The molecule has 1 atom stereocenters. The highest BCUT2D eigenvalue weighted by molar-refractivity contribution is 5.76. The van der Waals surface area contributed by atoms with E-state index in [1.54, 1.807) is 27.7 Å². The van der Waals surface area contributed by atoms with Gasteiger partial charge in [0, 0.05) is 19.8 Å². The van der Waals surface area contributed by atoms with E-state index >= 15 is 0 Å². The van der Waals surface area contributed by atoms with Gasteiger partial charge >= 0.3 is 12.1 Å². The Labute approximate surface area is 120 Å². The van der Waals surface area contributed by atoms with Crippen LogP contribution in [0.5, 0.6) is 0 Å². The van der Waals surface area contributed by atoms with Crippen molar-refractivity contribution < 1.29 is 24.2 Å². The summed E-state index contributed by atoms with van der Waals surface area (Å²) < 4.78 is 10.3. The van der Waals surface area contributed by atoms with Crippen LogP contribution in [0.3, 0.4) is 0 Å². The minimum atomic E-state index is -1.02. The van der Waals surface area contributed by atoms with Crippen molar-refractivity contribution >= 4 is 12.1 Å². The number of carbonyl (C=O) groups excluding carboxylic acids is 1. The van der Waals surface area contributed by atoms with Crippen LogP contribution in [0, 0.1) is 5.41 Å². The van der Waals surface area contributed by atoms with Crippen LogP contribution in [0.2, 0.25) is 0 Å². The molecule has 6 heteroatoms. The predicted molar refractivity (Wildman–Crippen MR) is 75.7 cm³/mol. The van der Waals surface area contributed by atoms with E-state index < -0.39 is 23.1 Å². The molecule has 0 bridgehead atoms. The number of ether oxygens (including phenoxy) is 2. The van der Waals surface area contributed by atoms with Gasteiger partial charge in [-0.15, -0.1) is 0 Å². The number of aliphatic carboxylic acids is 1. The lowest BCUT2D eigenvalue weighted by Gasteiger charge is -2.29. The van der Waals surface area contributed by atoms with Crippen molar-refractivity contribution in [2.24, 2.45) is 5.41 Å². The van der Waals surface area contributed by atoms with Crippen molar-refractivity contribution in [2.45, 2.75) is 53.1 Å². The number of hydrogen-bond acceptors (Lipinski definition) is 4. The molecule has 2 N–H and O–H groups in total. The van der Waals surface area contributed by atoms with Gasteiger partial charge in [-0.05, 0) is 40.5 Å². The molecule has 0 aromatic carbocycles. The summed E-state index contributed by atoms with van der Waals surface area (Å²) >= 11 is 0. The van der Waals surface area contributed by atoms with Gasteiger partial charge < -0.3 is 19.9 Å². The standard InChI is InChI=1S/C14H27NO5/c1-6-14(11(16)17,8-9-19-7-2)10-15-12(18)20-13(3,4)5/h6-10H2,1-5H3,(H,15,18)(H,16,17). The second-order valence-corrected chi connectivity index (χ2v) is 5.74. The minimum Gasteiger partial charge on any atom is -0.481 e. The first kappa shape index (κ1) is 18.7. The second kappa shape index (κ2) is 8.09. The third-order valence-electron chi connectivity index (χ3n) is 3.03. The van der Waals surface area contributed by atoms with Crippen LogP contribution in [0.25, 0.3) is 0 Å². The summed E-state index contributed by atoms with van der Waals surface area (Å²) in [5.41, 5.74) is -1.63. The first-order chi connectivity index (χ1) is 9.17. The Bertz CT molecular complexity index is 324. The molecule has 0 rings (SSSR count). The number of alkyl carbamates (subject to hydrolysis) is 1. The Morgan fingerprint density at radius 1 is 1.20 bits per heavy atom. The zero-order valence-electron chi connectivity index (χ0n) is 13.1. The number of nitrogens with one attached hydrogen (secondary N) is 1. The van der Waals surface area contributed by atoms with E-state index in [9.17, 15) is 14.7 Å². The third kappa shape index (κ3) is 6.75. The summed E-state index contributed by atoms with van der Waals surface area (Å²) in [7, 11) is 0. The molecule has 0 aromatic heterocycles. The van der Waals surface area contributed by atoms with Gasteiger partial charge in [0.1, 0.15) is 5.60 Å². The van der Waals surface area contributed by atoms with E-state index in [0.29, 0.717) is 26.1 Å². The first-order valence-corrected chi connectivity index (χ1v) is 6.95. The molecule has 118 valence electrons. The van der Waals surface area contributed by atoms with Crippen molar-refractivity contribution in [2.75, 3.05) is 19.8 Å². The van der Waals surface area contributed by atoms with E-state index in [-0.39, 0.29) is 6.54 Å². The third-order valence-corrected chi connectivity index (χ3v) is 3.03. The lowest BCUT2D eigenvalue weighted by atomic mass is 9.82. The molecule has 0 aliphatic carbocycles. The Kier molecular flexibility index (Phi) is 7.57. The smallest absolute Gasteiger partial charge is 0.407 e. The van der Waals surface area contributed by atoms with Gasteiger partial charge in [0.15, 0.2) is 0 Å². The molecule has 0 radical (unpaired) electrons. The highest BCUT2D eigenvalue weighted by atomic mass is 16.6. The van der Waals surface area contributed by atoms with Gasteiger partial charge in [-0.2, -0.15) is 0 Å². The molecule has 1 unspecified atom stereocenters. The number of rotatable bonds is 8. The van der Waals surface area contributed by atoms with Gasteiger partial charge in [0.2, 0.25) is 0 Å². The lowest BCUT2D eigenvalue weighted by molar-refractivity contribution is -0.150. The van der Waals surface area contributed by atoms with E-state index in [0.717, 1.165) is 0 Å². The molecule has 1 amide bonds. The van der Waals surface area contributed by atoms with Crippen LogP contribution in [-0.2, 0) is 14.3 Å². The number of carboxylic acids is 1. The second-order valence-electron chi connectivity index (χ2n) is 5.74. The van der Waals surface area contributed by atoms with Crippen molar-refractivity contribution in [1.29, 1.82) is 0 Å². The van der Waals surface area contributed by atoms with Crippen molar-refractivity contribution in [1.82, 2.24) is 5.32 Å². The molecule has 6 nitrogen and oxygen atoms in total. The quantitative estimate of drug-likeness (QED) is 0.670. The predicted octanol–water partition coefficient (Wildman–Crippen LogP) is 2.42. The van der Waals surface area contributed by atoms with Crippen LogP contribution in [0.15, 0.2) is 0 Å². The van der Waals surface area contributed by atoms with E-state index in [2.05, 4.69) is 5.32 Å². The molecule has 0 saturated carbocycles. The molecule has 0 fully saturated rings. The van der Waals surface area contributed by atoms with Crippen LogP contribution >= 0.6 is 0 Å². The minimum absolute atomic E-state index is 0.0286. The zero-order chi connectivity index (χ0) is 15.8. The van der Waals surface area contributed by atoms with E-state index in [1.807, 2.05) is 6.92 Å². The average molecular weight is 289 g/mol. The van der Waals surface area contributed by atoms with Crippen molar-refractivity contribution in [3.8, 4) is 0 Å². The summed E-state index contributed by atoms with van der Waals surface area (Å²) in [4.78, 5) is 23.1. The maximum atomic E-state index is 11.6. The van der Waals surface area contributed by atoms with Crippen LogP contribution < -0.4 is 5.32 Å². The highest BCUT2D eigenvalue weighted by Crippen LogP contribution is 2.26. The maximum absolute atomic E-state index is 11.6. The van der Waals surface area contributed by atoms with Crippen LogP contribution in [0.1, 0.15) is 47.5 Å². The SMILES string of the molecule is CCOCCC(CC)(CNC(=O)OC(C)(C)C)C(=O)O.